The van der Waals surface area contributed by atoms with E-state index in [1.165, 1.54) is 24.4 Å². The Morgan fingerprint density at radius 1 is 1.41 bits per heavy atom. The molecule has 1 aromatic heterocycles. The van der Waals surface area contributed by atoms with Gasteiger partial charge in [-0.3, -0.25) is 9.89 Å². The Morgan fingerprint density at radius 3 is 2.82 bits per heavy atom. The van der Waals surface area contributed by atoms with Crippen molar-refractivity contribution in [2.24, 2.45) is 0 Å². The van der Waals surface area contributed by atoms with E-state index in [-0.39, 0.29) is 22.2 Å². The first-order valence-electron chi connectivity index (χ1n) is 4.56. The van der Waals surface area contributed by atoms with Crippen molar-refractivity contribution in [3.8, 4) is 5.75 Å². The lowest BCUT2D eigenvalue weighted by Crippen LogP contribution is -2.12. The Kier molecular flexibility index (Phi) is 3.21. The van der Waals surface area contributed by atoms with E-state index in [9.17, 15) is 9.90 Å². The number of benzene rings is 1. The number of carbonyl (C=O) groups excluding carboxylic acids is 1. The molecule has 5 nitrogen and oxygen atoms in total. The van der Waals surface area contributed by atoms with E-state index in [1.54, 1.807) is 0 Å². The molecule has 0 aliphatic rings. The predicted octanol–water partition coefficient (Wildman–Crippen LogP) is 2.67. The fourth-order valence-corrected chi connectivity index (χ4v) is 1.73. The zero-order valence-corrected chi connectivity index (χ0v) is 9.88. The average molecular weight is 272 g/mol. The fraction of sp³-hybridized carbons (Fsp3) is 0. The van der Waals surface area contributed by atoms with Crippen LogP contribution in [-0.4, -0.2) is 21.2 Å². The molecule has 3 N–H and O–H groups in total. The first-order chi connectivity index (χ1) is 8.08. The van der Waals surface area contributed by atoms with Crippen LogP contribution in [0.1, 0.15) is 10.5 Å². The van der Waals surface area contributed by atoms with Crippen molar-refractivity contribution in [3.05, 3.63) is 40.1 Å². The summed E-state index contributed by atoms with van der Waals surface area (Å²) in [5.41, 5.74) is 0.405. The summed E-state index contributed by atoms with van der Waals surface area (Å²) in [5, 5.41) is 18.6. The summed E-state index contributed by atoms with van der Waals surface area (Å²) < 4.78 is 0. The van der Waals surface area contributed by atoms with Gasteiger partial charge < -0.3 is 10.4 Å². The van der Waals surface area contributed by atoms with Crippen LogP contribution >= 0.6 is 23.2 Å². The second-order valence-electron chi connectivity index (χ2n) is 3.21. The maximum absolute atomic E-state index is 11.7. The van der Waals surface area contributed by atoms with Crippen LogP contribution in [0.5, 0.6) is 5.75 Å². The van der Waals surface area contributed by atoms with Gasteiger partial charge in [0.2, 0.25) is 0 Å². The molecule has 2 aromatic rings. The average Bonchev–Trinajstić information content (AvgIpc) is 2.78. The molecule has 1 heterocycles. The number of phenolic OH excluding ortho intramolecular Hbond substituents is 1. The molecule has 0 bridgehead atoms. The lowest BCUT2D eigenvalue weighted by Gasteiger charge is -2.08. The van der Waals surface area contributed by atoms with E-state index in [0.29, 0.717) is 5.02 Å². The maximum atomic E-state index is 11.7. The predicted molar refractivity (Wildman–Crippen MR) is 64.7 cm³/mol. The van der Waals surface area contributed by atoms with E-state index in [0.717, 1.165) is 0 Å². The number of halogens is 2. The monoisotopic (exact) mass is 271 g/mol. The second kappa shape index (κ2) is 4.65. The quantitative estimate of drug-likeness (QED) is 0.735. The lowest BCUT2D eigenvalue weighted by atomic mass is 10.2. The van der Waals surface area contributed by atoms with Gasteiger partial charge in [-0.25, -0.2) is 0 Å². The van der Waals surface area contributed by atoms with Crippen molar-refractivity contribution in [1.82, 2.24) is 10.2 Å². The summed E-state index contributed by atoms with van der Waals surface area (Å²) in [5.74, 6) is -0.680. The van der Waals surface area contributed by atoms with Gasteiger partial charge in [-0.15, -0.1) is 0 Å². The second-order valence-corrected chi connectivity index (χ2v) is 4.05. The number of aromatic hydroxyl groups is 1. The highest BCUT2D eigenvalue weighted by Gasteiger charge is 2.13. The Bertz CT molecular complexity index is 555. The normalized spacial score (nSPS) is 10.2. The van der Waals surface area contributed by atoms with Gasteiger partial charge in [0.1, 0.15) is 5.69 Å². The number of carbonyl (C=O) groups is 1. The van der Waals surface area contributed by atoms with Gasteiger partial charge in [-0.1, -0.05) is 23.2 Å². The van der Waals surface area contributed by atoms with Crippen molar-refractivity contribution in [1.29, 1.82) is 0 Å². The molecule has 0 spiro atoms. The highest BCUT2D eigenvalue weighted by molar-refractivity contribution is 6.36. The Morgan fingerprint density at radius 2 is 2.18 bits per heavy atom. The largest absolute Gasteiger partial charge is 0.504 e. The van der Waals surface area contributed by atoms with Crippen LogP contribution in [0.2, 0.25) is 10.0 Å². The number of anilines is 1. The van der Waals surface area contributed by atoms with E-state index in [4.69, 9.17) is 23.2 Å². The summed E-state index contributed by atoms with van der Waals surface area (Å²) in [7, 11) is 0. The number of nitrogens with zero attached hydrogens (tertiary/aromatic N) is 1. The summed E-state index contributed by atoms with van der Waals surface area (Å²) in [4.78, 5) is 11.7. The number of aromatic nitrogens is 2. The molecule has 17 heavy (non-hydrogen) atoms. The molecule has 0 atom stereocenters. The van der Waals surface area contributed by atoms with Gasteiger partial charge in [-0.2, -0.15) is 5.10 Å². The Balaban J connectivity index is 2.28. The molecule has 88 valence electrons. The SMILES string of the molecule is O=C(Nc1cc(Cl)cc(Cl)c1O)c1ccn[nH]1. The van der Waals surface area contributed by atoms with Crippen molar-refractivity contribution >= 4 is 34.8 Å². The third-order valence-corrected chi connectivity index (χ3v) is 2.53. The van der Waals surface area contributed by atoms with Crippen LogP contribution in [0, 0.1) is 0 Å². The summed E-state index contributed by atoms with van der Waals surface area (Å²) in [6, 6.07) is 4.28. The van der Waals surface area contributed by atoms with Gasteiger partial charge in [-0.05, 0) is 18.2 Å². The van der Waals surface area contributed by atoms with Crippen molar-refractivity contribution < 1.29 is 9.90 Å². The molecule has 7 heteroatoms. The van der Waals surface area contributed by atoms with Gasteiger partial charge in [0, 0.05) is 11.2 Å². The van der Waals surface area contributed by atoms with Crippen molar-refractivity contribution in [2.75, 3.05) is 5.32 Å². The third-order valence-electron chi connectivity index (χ3n) is 2.02. The molecule has 1 amide bonds. The molecule has 0 aliphatic heterocycles. The number of hydrogen-bond acceptors (Lipinski definition) is 3. The highest BCUT2D eigenvalue weighted by Crippen LogP contribution is 2.35. The van der Waals surface area contributed by atoms with Gasteiger partial charge >= 0.3 is 0 Å². The maximum Gasteiger partial charge on any atom is 0.273 e. The first kappa shape index (κ1) is 11.8. The number of aromatic amines is 1. The zero-order valence-electron chi connectivity index (χ0n) is 8.37. The van der Waals surface area contributed by atoms with Crippen LogP contribution in [0.25, 0.3) is 0 Å². The molecule has 0 fully saturated rings. The molecule has 1 aromatic carbocycles. The van der Waals surface area contributed by atoms with Crippen LogP contribution < -0.4 is 5.32 Å². The van der Waals surface area contributed by atoms with Crippen LogP contribution in [0.15, 0.2) is 24.4 Å². The summed E-state index contributed by atoms with van der Waals surface area (Å²) >= 11 is 11.5. The molecule has 0 radical (unpaired) electrons. The number of H-pyrrole nitrogens is 1. The number of phenols is 1. The van der Waals surface area contributed by atoms with E-state index in [2.05, 4.69) is 15.5 Å². The molecular weight excluding hydrogens is 265 g/mol. The summed E-state index contributed by atoms with van der Waals surface area (Å²) in [6.45, 7) is 0. The molecule has 2 rings (SSSR count). The van der Waals surface area contributed by atoms with Crippen LogP contribution in [0.3, 0.4) is 0 Å². The standard InChI is InChI=1S/C10H7Cl2N3O2/c11-5-3-6(12)9(16)8(4-5)14-10(17)7-1-2-13-15-7/h1-4,16H,(H,13,15)(H,14,17). The lowest BCUT2D eigenvalue weighted by molar-refractivity contribution is 0.102. The van der Waals surface area contributed by atoms with Gasteiger partial charge in [0.25, 0.3) is 5.91 Å². The van der Waals surface area contributed by atoms with Crippen molar-refractivity contribution in [2.45, 2.75) is 0 Å². The fourth-order valence-electron chi connectivity index (χ4n) is 1.23. The van der Waals surface area contributed by atoms with Crippen LogP contribution in [0.4, 0.5) is 5.69 Å². The number of rotatable bonds is 2. The number of amides is 1. The van der Waals surface area contributed by atoms with E-state index >= 15 is 0 Å². The highest BCUT2D eigenvalue weighted by atomic mass is 35.5. The summed E-state index contributed by atoms with van der Waals surface area (Å²) in [6.07, 6.45) is 1.44. The zero-order chi connectivity index (χ0) is 12.4. The molecule has 0 saturated heterocycles. The molecule has 0 unspecified atom stereocenters. The Labute approximate surface area is 106 Å². The number of hydrogen-bond donors (Lipinski definition) is 3. The minimum atomic E-state index is -0.448. The molecule has 0 aliphatic carbocycles. The van der Waals surface area contributed by atoms with E-state index < -0.39 is 5.91 Å². The van der Waals surface area contributed by atoms with Gasteiger partial charge in [0.15, 0.2) is 5.75 Å². The minimum Gasteiger partial charge on any atom is -0.504 e. The molecule has 0 saturated carbocycles. The topological polar surface area (TPSA) is 78.0 Å². The van der Waals surface area contributed by atoms with E-state index in [1.807, 2.05) is 0 Å². The smallest absolute Gasteiger partial charge is 0.273 e. The van der Waals surface area contributed by atoms with Gasteiger partial charge in [0.05, 0.1) is 10.7 Å². The molecular formula is C10H7Cl2N3O2. The minimum absolute atomic E-state index is 0.0670. The van der Waals surface area contributed by atoms with Crippen LogP contribution in [-0.2, 0) is 0 Å². The van der Waals surface area contributed by atoms with Crippen molar-refractivity contribution in [3.63, 3.8) is 0 Å². The Hall–Kier alpha value is -1.72. The number of nitrogens with one attached hydrogen (secondary N) is 2. The third kappa shape index (κ3) is 2.51. The first-order valence-corrected chi connectivity index (χ1v) is 5.32.